The van der Waals surface area contributed by atoms with Gasteiger partial charge in [-0.15, -0.1) is 0 Å². The largest absolute Gasteiger partial charge is 0.377 e. The number of halogens is 3. The van der Waals surface area contributed by atoms with Crippen molar-refractivity contribution in [2.75, 3.05) is 5.32 Å². The zero-order chi connectivity index (χ0) is 14.7. The lowest BCUT2D eigenvalue weighted by molar-refractivity contribution is 0.884. The maximum Gasteiger partial charge on any atom is 0.101 e. The third-order valence-electron chi connectivity index (χ3n) is 2.90. The molecule has 2 aromatic carbocycles. The van der Waals surface area contributed by atoms with Crippen LogP contribution in [0, 0.1) is 11.3 Å². The van der Waals surface area contributed by atoms with Crippen LogP contribution in [-0.4, -0.2) is 0 Å². The highest BCUT2D eigenvalue weighted by atomic mass is 79.9. The topological polar surface area (TPSA) is 35.8 Å². The minimum absolute atomic E-state index is 0.00359. The van der Waals surface area contributed by atoms with Gasteiger partial charge in [-0.1, -0.05) is 49.5 Å². The van der Waals surface area contributed by atoms with E-state index in [0.29, 0.717) is 10.6 Å². The van der Waals surface area contributed by atoms with E-state index in [4.69, 9.17) is 11.6 Å². The summed E-state index contributed by atoms with van der Waals surface area (Å²) in [5, 5.41) is 13.2. The smallest absolute Gasteiger partial charge is 0.101 e. The molecule has 102 valence electrons. The average Bonchev–Trinajstić information content (AvgIpc) is 2.40. The van der Waals surface area contributed by atoms with Crippen molar-refractivity contribution in [3.8, 4) is 6.07 Å². The molecule has 20 heavy (non-hydrogen) atoms. The maximum absolute atomic E-state index is 9.17. The van der Waals surface area contributed by atoms with E-state index in [1.54, 1.807) is 6.07 Å². The Morgan fingerprint density at radius 2 is 1.80 bits per heavy atom. The summed E-state index contributed by atoms with van der Waals surface area (Å²) in [7, 11) is 0. The molecule has 0 saturated carbocycles. The van der Waals surface area contributed by atoms with Gasteiger partial charge in [-0.05, 0) is 42.8 Å². The van der Waals surface area contributed by atoms with Gasteiger partial charge in [-0.2, -0.15) is 5.26 Å². The molecule has 0 fully saturated rings. The predicted molar refractivity (Wildman–Crippen MR) is 90.0 cm³/mol. The lowest BCUT2D eigenvalue weighted by Crippen LogP contribution is -2.08. The Labute approximate surface area is 140 Å². The highest BCUT2D eigenvalue weighted by Crippen LogP contribution is 2.30. The van der Waals surface area contributed by atoms with E-state index in [1.807, 2.05) is 37.3 Å². The van der Waals surface area contributed by atoms with Crippen LogP contribution in [0.2, 0.25) is 5.02 Å². The quantitative estimate of drug-likeness (QED) is 0.678. The lowest BCUT2D eigenvalue weighted by Gasteiger charge is -2.18. The highest BCUT2D eigenvalue weighted by molar-refractivity contribution is 9.10. The Hall–Kier alpha value is -1.02. The van der Waals surface area contributed by atoms with Gasteiger partial charge in [-0.25, -0.2) is 0 Å². The van der Waals surface area contributed by atoms with Crippen LogP contribution in [0.25, 0.3) is 0 Å². The van der Waals surface area contributed by atoms with Gasteiger partial charge < -0.3 is 5.32 Å². The summed E-state index contributed by atoms with van der Waals surface area (Å²) in [5.74, 6) is 0. The lowest BCUT2D eigenvalue weighted by atomic mass is 10.1. The van der Waals surface area contributed by atoms with Gasteiger partial charge in [-0.3, -0.25) is 0 Å². The molecule has 2 nitrogen and oxygen atoms in total. The first-order valence-corrected chi connectivity index (χ1v) is 7.89. The monoisotopic (exact) mass is 412 g/mol. The molecule has 1 atom stereocenters. The van der Waals surface area contributed by atoms with Gasteiger partial charge in [0.25, 0.3) is 0 Å². The van der Waals surface area contributed by atoms with Crippen LogP contribution in [0.4, 0.5) is 5.69 Å². The molecule has 0 radical (unpaired) electrons. The standard InChI is InChI=1S/C15H11Br2ClN2/c1-9(13-4-2-12(17)7-14(13)18)20-15-5-3-11(16)6-10(15)8-19/h2-7,9,20H,1H3. The Morgan fingerprint density at radius 3 is 2.45 bits per heavy atom. The number of nitrogens with one attached hydrogen (secondary N) is 1. The van der Waals surface area contributed by atoms with Crippen molar-refractivity contribution in [2.24, 2.45) is 0 Å². The van der Waals surface area contributed by atoms with E-state index in [0.717, 1.165) is 20.2 Å². The van der Waals surface area contributed by atoms with Crippen LogP contribution in [0.5, 0.6) is 0 Å². The molecule has 0 aliphatic rings. The molecule has 2 rings (SSSR count). The fraction of sp³-hybridized carbons (Fsp3) is 0.133. The highest BCUT2D eigenvalue weighted by Gasteiger charge is 2.12. The van der Waals surface area contributed by atoms with Crippen LogP contribution in [0.3, 0.4) is 0 Å². The van der Waals surface area contributed by atoms with Crippen molar-refractivity contribution in [2.45, 2.75) is 13.0 Å². The van der Waals surface area contributed by atoms with Gasteiger partial charge in [0.05, 0.1) is 17.3 Å². The minimum atomic E-state index is 0.00359. The molecule has 0 amide bonds. The summed E-state index contributed by atoms with van der Waals surface area (Å²) in [5.41, 5.74) is 2.38. The second-order valence-corrected chi connectivity index (χ2v) is 6.57. The molecule has 0 bridgehead atoms. The summed E-state index contributed by atoms with van der Waals surface area (Å²) in [6, 6.07) is 13.5. The second-order valence-electron chi connectivity index (χ2n) is 4.33. The summed E-state index contributed by atoms with van der Waals surface area (Å²) >= 11 is 13.0. The molecule has 0 saturated heterocycles. The summed E-state index contributed by atoms with van der Waals surface area (Å²) < 4.78 is 1.83. The first kappa shape index (κ1) is 15.4. The molecule has 5 heteroatoms. The zero-order valence-electron chi connectivity index (χ0n) is 10.6. The Morgan fingerprint density at radius 1 is 1.15 bits per heavy atom. The molecule has 0 heterocycles. The van der Waals surface area contributed by atoms with Crippen molar-refractivity contribution in [3.63, 3.8) is 0 Å². The SMILES string of the molecule is CC(Nc1ccc(Br)cc1C#N)c1ccc(Br)cc1Cl. The number of hydrogen-bond acceptors (Lipinski definition) is 2. The molecular weight excluding hydrogens is 403 g/mol. The van der Waals surface area contributed by atoms with Gasteiger partial charge >= 0.3 is 0 Å². The van der Waals surface area contributed by atoms with Crippen LogP contribution in [-0.2, 0) is 0 Å². The van der Waals surface area contributed by atoms with Crippen molar-refractivity contribution in [1.82, 2.24) is 0 Å². The third kappa shape index (κ3) is 3.54. The molecule has 2 aromatic rings. The molecule has 0 aromatic heterocycles. The van der Waals surface area contributed by atoms with E-state index in [-0.39, 0.29) is 6.04 Å². The Bertz CT molecular complexity index is 680. The van der Waals surface area contributed by atoms with Crippen LogP contribution < -0.4 is 5.32 Å². The minimum Gasteiger partial charge on any atom is -0.377 e. The van der Waals surface area contributed by atoms with Gasteiger partial charge in [0.1, 0.15) is 6.07 Å². The van der Waals surface area contributed by atoms with Crippen molar-refractivity contribution in [1.29, 1.82) is 5.26 Å². The summed E-state index contributed by atoms with van der Waals surface area (Å²) in [6.45, 7) is 2.01. The van der Waals surface area contributed by atoms with Crippen molar-refractivity contribution < 1.29 is 0 Å². The molecule has 1 unspecified atom stereocenters. The molecule has 0 aliphatic carbocycles. The number of anilines is 1. The Kier molecular flexibility index (Phi) is 5.09. The van der Waals surface area contributed by atoms with Crippen molar-refractivity contribution in [3.05, 3.63) is 61.5 Å². The maximum atomic E-state index is 9.17. The van der Waals surface area contributed by atoms with Gasteiger partial charge in [0.15, 0.2) is 0 Å². The van der Waals surface area contributed by atoms with E-state index in [9.17, 15) is 5.26 Å². The second kappa shape index (κ2) is 6.62. The molecular formula is C15H11Br2ClN2. The Balaban J connectivity index is 2.28. The normalized spacial score (nSPS) is 11.8. The summed E-state index contributed by atoms with van der Waals surface area (Å²) in [6.07, 6.45) is 0. The predicted octanol–water partition coefficient (Wildman–Crippen LogP) is 5.91. The summed E-state index contributed by atoms with van der Waals surface area (Å²) in [4.78, 5) is 0. The van der Waals surface area contributed by atoms with Gasteiger partial charge in [0, 0.05) is 14.0 Å². The number of benzene rings is 2. The van der Waals surface area contributed by atoms with E-state index >= 15 is 0 Å². The van der Waals surface area contributed by atoms with E-state index < -0.39 is 0 Å². The van der Waals surface area contributed by atoms with Crippen LogP contribution in [0.15, 0.2) is 45.3 Å². The first-order chi connectivity index (χ1) is 9.51. The first-order valence-electron chi connectivity index (χ1n) is 5.92. The zero-order valence-corrected chi connectivity index (χ0v) is 14.6. The molecule has 0 spiro atoms. The average molecular weight is 415 g/mol. The third-order valence-corrected chi connectivity index (χ3v) is 4.22. The number of rotatable bonds is 3. The van der Waals surface area contributed by atoms with E-state index in [2.05, 4.69) is 43.2 Å². The van der Waals surface area contributed by atoms with Crippen molar-refractivity contribution >= 4 is 49.1 Å². The molecule has 0 aliphatic heterocycles. The number of hydrogen-bond donors (Lipinski definition) is 1. The molecule has 1 N–H and O–H groups in total. The van der Waals surface area contributed by atoms with Crippen LogP contribution >= 0.6 is 43.5 Å². The van der Waals surface area contributed by atoms with Gasteiger partial charge in [0.2, 0.25) is 0 Å². The number of nitriles is 1. The van der Waals surface area contributed by atoms with E-state index in [1.165, 1.54) is 0 Å². The fourth-order valence-electron chi connectivity index (χ4n) is 1.90. The fourth-order valence-corrected chi connectivity index (χ4v) is 3.10. The van der Waals surface area contributed by atoms with Crippen LogP contribution in [0.1, 0.15) is 24.1 Å². The number of nitrogens with zero attached hydrogens (tertiary/aromatic N) is 1.